The third-order valence-electron chi connectivity index (χ3n) is 2.96. The maximum Gasteiger partial charge on any atom is 0.338 e. The average Bonchev–Trinajstić information content (AvgIpc) is 2.40. The highest BCUT2D eigenvalue weighted by Gasteiger charge is 2.14. The van der Waals surface area contributed by atoms with Gasteiger partial charge in [-0.3, -0.25) is 0 Å². The van der Waals surface area contributed by atoms with E-state index < -0.39 is 11.8 Å². The maximum absolute atomic E-state index is 13.7. The molecule has 1 rings (SSSR count). The molecule has 0 saturated carbocycles. The zero-order valence-electron chi connectivity index (χ0n) is 11.3. The second kappa shape index (κ2) is 7.68. The Kier molecular flexibility index (Phi) is 6.21. The Labute approximate surface area is 112 Å². The minimum atomic E-state index is -1.29. The molecule has 19 heavy (non-hydrogen) atoms. The third kappa shape index (κ3) is 4.48. The molecular formula is C13H20FN3O2. The van der Waals surface area contributed by atoms with Crippen molar-refractivity contribution < 1.29 is 14.3 Å². The fraction of sp³-hybridized carbons (Fsp3) is 0.538. The summed E-state index contributed by atoms with van der Waals surface area (Å²) in [5.41, 5.74) is -0.360. The maximum atomic E-state index is 13.7. The number of halogens is 1. The van der Waals surface area contributed by atoms with Crippen LogP contribution in [0.3, 0.4) is 0 Å². The molecule has 1 aromatic heterocycles. The average molecular weight is 269 g/mol. The molecule has 2 N–H and O–H groups in total. The van der Waals surface area contributed by atoms with E-state index in [0.717, 1.165) is 32.1 Å². The van der Waals surface area contributed by atoms with Gasteiger partial charge in [-0.1, -0.05) is 13.8 Å². The van der Waals surface area contributed by atoms with Gasteiger partial charge in [0.25, 0.3) is 0 Å². The fourth-order valence-corrected chi connectivity index (χ4v) is 1.78. The summed E-state index contributed by atoms with van der Waals surface area (Å²) >= 11 is 0. The zero-order valence-corrected chi connectivity index (χ0v) is 11.3. The molecular weight excluding hydrogens is 249 g/mol. The number of carboxylic acid groups (broad SMARTS) is 1. The third-order valence-corrected chi connectivity index (χ3v) is 2.96. The van der Waals surface area contributed by atoms with Crippen LogP contribution >= 0.6 is 0 Å². The van der Waals surface area contributed by atoms with Crippen molar-refractivity contribution in [3.63, 3.8) is 0 Å². The lowest BCUT2D eigenvalue weighted by Crippen LogP contribution is -2.25. The topological polar surface area (TPSA) is 65.5 Å². The minimum absolute atomic E-state index is 0.000512. The number of aromatic carboxylic acids is 1. The van der Waals surface area contributed by atoms with E-state index in [9.17, 15) is 9.18 Å². The van der Waals surface area contributed by atoms with Gasteiger partial charge in [0.2, 0.25) is 0 Å². The van der Waals surface area contributed by atoms with E-state index in [1.807, 2.05) is 0 Å². The molecule has 0 unspecified atom stereocenters. The van der Waals surface area contributed by atoms with Crippen molar-refractivity contribution in [3.05, 3.63) is 23.6 Å². The molecule has 1 heterocycles. The lowest BCUT2D eigenvalue weighted by Gasteiger charge is -2.17. The normalized spacial score (nSPS) is 10.7. The molecule has 0 bridgehead atoms. The van der Waals surface area contributed by atoms with Gasteiger partial charge < -0.3 is 15.3 Å². The van der Waals surface area contributed by atoms with Crippen molar-refractivity contribution in [3.8, 4) is 0 Å². The van der Waals surface area contributed by atoms with E-state index in [2.05, 4.69) is 29.0 Å². The number of carboxylic acids is 1. The predicted octanol–water partition coefficient (Wildman–Crippen LogP) is 2.06. The molecule has 0 saturated heterocycles. The van der Waals surface area contributed by atoms with E-state index in [4.69, 9.17) is 5.11 Å². The molecule has 0 amide bonds. The number of pyridine rings is 1. The Morgan fingerprint density at radius 3 is 2.74 bits per heavy atom. The first-order chi connectivity index (χ1) is 9.10. The van der Waals surface area contributed by atoms with Crippen molar-refractivity contribution >= 4 is 11.8 Å². The quantitative estimate of drug-likeness (QED) is 0.707. The van der Waals surface area contributed by atoms with Gasteiger partial charge in [-0.05, 0) is 32.1 Å². The van der Waals surface area contributed by atoms with Crippen LogP contribution in [0, 0.1) is 5.82 Å². The van der Waals surface area contributed by atoms with E-state index >= 15 is 0 Å². The standard InChI is InChI=1S/C13H20FN3O2/c1-3-17(4-2)9-5-7-15-12-11(14)10(13(18)19)6-8-16-12/h6,8H,3-5,7,9H2,1-2H3,(H,15,16)(H,18,19). The summed E-state index contributed by atoms with van der Waals surface area (Å²) in [6.07, 6.45) is 2.14. The van der Waals surface area contributed by atoms with Crippen molar-refractivity contribution in [2.75, 3.05) is 31.5 Å². The van der Waals surface area contributed by atoms with Crippen LogP contribution in [0.25, 0.3) is 0 Å². The Morgan fingerprint density at radius 1 is 1.47 bits per heavy atom. The SMILES string of the molecule is CCN(CC)CCCNc1nccc(C(=O)O)c1F. The van der Waals surface area contributed by atoms with Gasteiger partial charge in [-0.15, -0.1) is 0 Å². The second-order valence-corrected chi connectivity index (χ2v) is 4.13. The molecule has 5 nitrogen and oxygen atoms in total. The fourth-order valence-electron chi connectivity index (χ4n) is 1.78. The summed E-state index contributed by atoms with van der Waals surface area (Å²) < 4.78 is 13.7. The molecule has 0 spiro atoms. The summed E-state index contributed by atoms with van der Waals surface area (Å²) in [5, 5.41) is 11.6. The van der Waals surface area contributed by atoms with Gasteiger partial charge in [-0.25, -0.2) is 14.2 Å². The zero-order chi connectivity index (χ0) is 14.3. The molecule has 0 atom stereocenters. The van der Waals surface area contributed by atoms with Crippen LogP contribution in [0.15, 0.2) is 12.3 Å². The Morgan fingerprint density at radius 2 is 2.16 bits per heavy atom. The number of aromatic nitrogens is 1. The number of nitrogens with one attached hydrogen (secondary N) is 1. The number of hydrogen-bond acceptors (Lipinski definition) is 4. The second-order valence-electron chi connectivity index (χ2n) is 4.13. The first kappa shape index (κ1) is 15.4. The van der Waals surface area contributed by atoms with Gasteiger partial charge in [-0.2, -0.15) is 0 Å². The van der Waals surface area contributed by atoms with Crippen LogP contribution in [-0.2, 0) is 0 Å². The van der Waals surface area contributed by atoms with E-state index in [0.29, 0.717) is 6.54 Å². The van der Waals surface area contributed by atoms with Crippen LogP contribution in [0.2, 0.25) is 0 Å². The summed E-state index contributed by atoms with van der Waals surface area (Å²) in [6, 6.07) is 1.15. The van der Waals surface area contributed by atoms with Crippen LogP contribution in [-0.4, -0.2) is 47.1 Å². The van der Waals surface area contributed by atoms with Crippen molar-refractivity contribution in [2.45, 2.75) is 20.3 Å². The molecule has 0 aliphatic rings. The Hall–Kier alpha value is -1.69. The van der Waals surface area contributed by atoms with Gasteiger partial charge in [0, 0.05) is 12.7 Å². The van der Waals surface area contributed by atoms with Crippen molar-refractivity contribution in [1.29, 1.82) is 0 Å². The van der Waals surface area contributed by atoms with Crippen LogP contribution < -0.4 is 5.32 Å². The predicted molar refractivity (Wildman–Crippen MR) is 72.0 cm³/mol. The molecule has 0 aliphatic carbocycles. The van der Waals surface area contributed by atoms with E-state index in [1.54, 1.807) is 0 Å². The van der Waals surface area contributed by atoms with Crippen LogP contribution in [0.4, 0.5) is 10.2 Å². The molecule has 6 heteroatoms. The van der Waals surface area contributed by atoms with Gasteiger partial charge in [0.15, 0.2) is 11.6 Å². The van der Waals surface area contributed by atoms with Crippen LogP contribution in [0.5, 0.6) is 0 Å². The highest BCUT2D eigenvalue weighted by atomic mass is 19.1. The number of rotatable bonds is 8. The number of carbonyl (C=O) groups is 1. The van der Waals surface area contributed by atoms with Gasteiger partial charge in [0.05, 0.1) is 0 Å². The van der Waals surface area contributed by atoms with Crippen molar-refractivity contribution in [2.24, 2.45) is 0 Å². The first-order valence-electron chi connectivity index (χ1n) is 6.44. The summed E-state index contributed by atoms with van der Waals surface area (Å²) in [4.78, 5) is 16.8. The largest absolute Gasteiger partial charge is 0.478 e. The lowest BCUT2D eigenvalue weighted by molar-refractivity contribution is 0.0692. The molecule has 0 aliphatic heterocycles. The molecule has 106 valence electrons. The Bertz CT molecular complexity index is 422. The highest BCUT2D eigenvalue weighted by molar-refractivity contribution is 5.88. The summed E-state index contributed by atoms with van der Waals surface area (Å²) in [5.74, 6) is -2.09. The Balaban J connectivity index is 2.50. The molecule has 0 aromatic carbocycles. The number of hydrogen-bond donors (Lipinski definition) is 2. The summed E-state index contributed by atoms with van der Waals surface area (Å²) in [7, 11) is 0. The van der Waals surface area contributed by atoms with Crippen molar-refractivity contribution in [1.82, 2.24) is 9.88 Å². The highest BCUT2D eigenvalue weighted by Crippen LogP contribution is 2.14. The molecule has 0 radical (unpaired) electrons. The monoisotopic (exact) mass is 269 g/mol. The number of nitrogens with zero attached hydrogens (tertiary/aromatic N) is 2. The van der Waals surface area contributed by atoms with E-state index in [1.165, 1.54) is 6.20 Å². The minimum Gasteiger partial charge on any atom is -0.478 e. The summed E-state index contributed by atoms with van der Waals surface area (Å²) in [6.45, 7) is 7.63. The molecule has 1 aromatic rings. The first-order valence-corrected chi connectivity index (χ1v) is 6.44. The van der Waals surface area contributed by atoms with E-state index in [-0.39, 0.29) is 11.4 Å². The van der Waals surface area contributed by atoms with Gasteiger partial charge in [0.1, 0.15) is 5.56 Å². The van der Waals surface area contributed by atoms with Gasteiger partial charge >= 0.3 is 5.97 Å². The number of anilines is 1. The van der Waals surface area contributed by atoms with Crippen LogP contribution in [0.1, 0.15) is 30.6 Å². The molecule has 0 fully saturated rings. The smallest absolute Gasteiger partial charge is 0.338 e. The lowest BCUT2D eigenvalue weighted by atomic mass is 10.2.